The Labute approximate surface area is 164 Å². The molecule has 1 fully saturated rings. The van der Waals surface area contributed by atoms with Gasteiger partial charge in [-0.15, -0.1) is 0 Å². The number of esters is 1. The van der Waals surface area contributed by atoms with E-state index in [0.717, 1.165) is 19.3 Å². The Hall–Kier alpha value is -2.63. The predicted octanol–water partition coefficient (Wildman–Crippen LogP) is 3.02. The van der Waals surface area contributed by atoms with Gasteiger partial charge in [0.05, 0.1) is 23.7 Å². The maximum absolute atomic E-state index is 12.8. The van der Waals surface area contributed by atoms with Crippen LogP contribution in [0.25, 0.3) is 11.0 Å². The van der Waals surface area contributed by atoms with Crippen LogP contribution in [0, 0.1) is 0 Å². The molecule has 2 heterocycles. The lowest BCUT2D eigenvalue weighted by Crippen LogP contribution is -2.39. The van der Waals surface area contributed by atoms with Crippen molar-refractivity contribution in [2.45, 2.75) is 37.7 Å². The summed E-state index contributed by atoms with van der Waals surface area (Å²) in [4.78, 5) is 21.6. The van der Waals surface area contributed by atoms with E-state index in [-0.39, 0.29) is 28.5 Å². The van der Waals surface area contributed by atoms with Gasteiger partial charge in [0, 0.05) is 12.6 Å². The molecule has 12 heteroatoms. The first-order chi connectivity index (χ1) is 13.5. The highest BCUT2D eigenvalue weighted by molar-refractivity contribution is 7.88. The monoisotopic (exact) mass is 433 g/mol. The molecule has 3 rings (SSSR count). The quantitative estimate of drug-likeness (QED) is 0.412. The Morgan fingerprint density at radius 1 is 1.21 bits per heavy atom. The number of methoxy groups -OCH3 is 1. The van der Waals surface area contributed by atoms with Gasteiger partial charge >= 0.3 is 21.6 Å². The standard InChI is InChI=1S/C17H18F3N3O5S/c1-10-5-3-4-8-23(10)14-15(28-29(25,26)17(18,19)20)22-12-7-6-11(16(24)27-2)9-13(12)21-14/h6-7,9-10H,3-5,8H2,1-2H3. The van der Waals surface area contributed by atoms with E-state index in [9.17, 15) is 26.4 Å². The Morgan fingerprint density at radius 3 is 2.55 bits per heavy atom. The fourth-order valence-corrected chi connectivity index (χ4v) is 3.49. The minimum atomic E-state index is -5.93. The SMILES string of the molecule is COC(=O)c1ccc2nc(OS(=O)(=O)C(F)(F)F)c(N3CCCCC3C)nc2c1. The minimum absolute atomic E-state index is 0.0680. The summed E-state index contributed by atoms with van der Waals surface area (Å²) in [5.41, 5.74) is -5.18. The third-order valence-corrected chi connectivity index (χ3v) is 5.53. The van der Waals surface area contributed by atoms with E-state index in [1.807, 2.05) is 6.92 Å². The summed E-state index contributed by atoms with van der Waals surface area (Å²) in [6.07, 6.45) is 2.41. The summed E-state index contributed by atoms with van der Waals surface area (Å²) in [5.74, 6) is -1.50. The first kappa shape index (κ1) is 21.1. The number of hydrogen-bond donors (Lipinski definition) is 0. The summed E-state index contributed by atoms with van der Waals surface area (Å²) in [7, 11) is -4.72. The third kappa shape index (κ3) is 4.21. The van der Waals surface area contributed by atoms with E-state index in [4.69, 9.17) is 0 Å². The average molecular weight is 433 g/mol. The molecule has 0 radical (unpaired) electrons. The number of ether oxygens (including phenoxy) is 1. The number of fused-ring (bicyclic) bond motifs is 1. The molecule has 1 aromatic heterocycles. The van der Waals surface area contributed by atoms with Crippen molar-refractivity contribution in [1.82, 2.24) is 9.97 Å². The van der Waals surface area contributed by atoms with Gasteiger partial charge in [-0.05, 0) is 44.4 Å². The van der Waals surface area contributed by atoms with Crippen molar-refractivity contribution in [3.63, 3.8) is 0 Å². The van der Waals surface area contributed by atoms with Gasteiger partial charge in [-0.25, -0.2) is 14.8 Å². The first-order valence-corrected chi connectivity index (χ1v) is 10.1. The summed E-state index contributed by atoms with van der Waals surface area (Å²) < 4.78 is 70.6. The largest absolute Gasteiger partial charge is 0.534 e. The van der Waals surface area contributed by atoms with Gasteiger partial charge in [0.15, 0.2) is 5.82 Å². The summed E-state index contributed by atoms with van der Waals surface area (Å²) in [6, 6.07) is 3.92. The van der Waals surface area contributed by atoms with Crippen LogP contribution >= 0.6 is 0 Å². The number of piperidine rings is 1. The van der Waals surface area contributed by atoms with Crippen LogP contribution in [0.4, 0.5) is 19.0 Å². The number of alkyl halides is 3. The molecule has 158 valence electrons. The zero-order chi connectivity index (χ0) is 21.4. The van der Waals surface area contributed by atoms with Gasteiger partial charge in [-0.2, -0.15) is 21.6 Å². The number of halogens is 3. The number of aromatic nitrogens is 2. The molecule has 1 aliphatic rings. The molecule has 0 amide bonds. The molecule has 0 spiro atoms. The van der Waals surface area contributed by atoms with Crippen molar-refractivity contribution in [1.29, 1.82) is 0 Å². The van der Waals surface area contributed by atoms with E-state index in [1.165, 1.54) is 25.3 Å². The van der Waals surface area contributed by atoms with E-state index < -0.39 is 27.5 Å². The Kier molecular flexibility index (Phi) is 5.57. The number of rotatable bonds is 4. The molecule has 1 saturated heterocycles. The average Bonchev–Trinajstić information content (AvgIpc) is 2.66. The molecule has 2 aromatic rings. The fourth-order valence-electron chi connectivity index (χ4n) is 3.08. The number of anilines is 1. The highest BCUT2D eigenvalue weighted by atomic mass is 32.2. The molecule has 1 aliphatic heterocycles. The van der Waals surface area contributed by atoms with Crippen LogP contribution in [0.1, 0.15) is 36.5 Å². The van der Waals surface area contributed by atoms with Crippen molar-refractivity contribution >= 4 is 32.9 Å². The van der Waals surface area contributed by atoms with Crippen LogP contribution in [-0.4, -0.2) is 49.6 Å². The second-order valence-corrected chi connectivity index (χ2v) is 8.11. The molecule has 1 atom stereocenters. The lowest BCUT2D eigenvalue weighted by atomic mass is 10.0. The highest BCUT2D eigenvalue weighted by Gasteiger charge is 2.49. The minimum Gasteiger partial charge on any atom is -0.465 e. The molecular formula is C17H18F3N3O5S. The fraction of sp³-hybridized carbons (Fsp3) is 0.471. The van der Waals surface area contributed by atoms with Crippen molar-refractivity contribution in [3.8, 4) is 5.88 Å². The Morgan fingerprint density at radius 2 is 1.93 bits per heavy atom. The van der Waals surface area contributed by atoms with Crippen LogP contribution in [0.3, 0.4) is 0 Å². The molecule has 0 saturated carbocycles. The maximum atomic E-state index is 12.8. The van der Waals surface area contributed by atoms with E-state index in [1.54, 1.807) is 4.90 Å². The van der Waals surface area contributed by atoms with Gasteiger partial charge in [0.25, 0.3) is 5.88 Å². The Bertz CT molecular complexity index is 1040. The normalized spacial score (nSPS) is 18.0. The van der Waals surface area contributed by atoms with Gasteiger partial charge < -0.3 is 13.8 Å². The Balaban J connectivity index is 2.17. The predicted molar refractivity (Wildman–Crippen MR) is 97.1 cm³/mol. The summed E-state index contributed by atoms with van der Waals surface area (Å²) >= 11 is 0. The van der Waals surface area contributed by atoms with Gasteiger partial charge in [-0.3, -0.25) is 0 Å². The lowest BCUT2D eigenvalue weighted by Gasteiger charge is -2.34. The number of hydrogen-bond acceptors (Lipinski definition) is 8. The van der Waals surface area contributed by atoms with Crippen molar-refractivity contribution in [3.05, 3.63) is 23.8 Å². The van der Waals surface area contributed by atoms with E-state index in [0.29, 0.717) is 6.54 Å². The smallest absolute Gasteiger partial charge is 0.465 e. The second-order valence-electron chi connectivity index (χ2n) is 6.57. The first-order valence-electron chi connectivity index (χ1n) is 8.71. The number of carbonyl (C=O) groups is 1. The molecular weight excluding hydrogens is 415 g/mol. The van der Waals surface area contributed by atoms with Gasteiger partial charge in [0.1, 0.15) is 0 Å². The van der Waals surface area contributed by atoms with Crippen LogP contribution in [0.5, 0.6) is 5.88 Å². The van der Waals surface area contributed by atoms with E-state index >= 15 is 0 Å². The third-order valence-electron chi connectivity index (χ3n) is 4.58. The van der Waals surface area contributed by atoms with Gasteiger partial charge in [0.2, 0.25) is 0 Å². The molecule has 29 heavy (non-hydrogen) atoms. The van der Waals surface area contributed by atoms with Crippen LogP contribution in [0.2, 0.25) is 0 Å². The maximum Gasteiger partial charge on any atom is 0.534 e. The molecule has 8 nitrogen and oxygen atoms in total. The van der Waals surface area contributed by atoms with Crippen LogP contribution in [0.15, 0.2) is 18.2 Å². The van der Waals surface area contributed by atoms with Crippen LogP contribution < -0.4 is 9.08 Å². The zero-order valence-electron chi connectivity index (χ0n) is 15.6. The second kappa shape index (κ2) is 7.65. The van der Waals surface area contributed by atoms with Crippen molar-refractivity contribution in [2.24, 2.45) is 0 Å². The molecule has 1 unspecified atom stereocenters. The zero-order valence-corrected chi connectivity index (χ0v) is 16.4. The number of benzene rings is 1. The highest BCUT2D eigenvalue weighted by Crippen LogP contribution is 2.35. The van der Waals surface area contributed by atoms with Crippen molar-refractivity contribution < 1.29 is 35.3 Å². The lowest BCUT2D eigenvalue weighted by molar-refractivity contribution is -0.0501. The number of nitrogens with zero attached hydrogens (tertiary/aromatic N) is 3. The molecule has 0 aliphatic carbocycles. The summed E-state index contributed by atoms with van der Waals surface area (Å²) in [5, 5.41) is 0. The molecule has 0 bridgehead atoms. The van der Waals surface area contributed by atoms with Gasteiger partial charge in [-0.1, -0.05) is 0 Å². The van der Waals surface area contributed by atoms with Crippen LogP contribution in [-0.2, 0) is 14.9 Å². The van der Waals surface area contributed by atoms with Crippen molar-refractivity contribution in [2.75, 3.05) is 18.6 Å². The topological polar surface area (TPSA) is 98.7 Å². The van der Waals surface area contributed by atoms with E-state index in [2.05, 4.69) is 18.9 Å². The summed E-state index contributed by atoms with van der Waals surface area (Å²) in [6.45, 7) is 2.29. The molecule has 1 aromatic carbocycles. The molecule has 0 N–H and O–H groups in total. The number of carbonyl (C=O) groups excluding carboxylic acids is 1.